The van der Waals surface area contributed by atoms with Crippen LogP contribution < -0.4 is 21.7 Å². The summed E-state index contributed by atoms with van der Waals surface area (Å²) in [5, 5.41) is 26.5. The van der Waals surface area contributed by atoms with Crippen LogP contribution in [-0.2, 0) is 30.4 Å². The zero-order valence-corrected chi connectivity index (χ0v) is 20.2. The van der Waals surface area contributed by atoms with Crippen LogP contribution in [0.15, 0.2) is 30.5 Å². The largest absolute Gasteiger partial charge is 0.481 e. The Balaban J connectivity index is 1.96. The molecule has 1 heterocycles. The standard InChI is InChI=1S/C24H33N5O7/c1-3-13(2)21(29-22(33)16(25)8-9-20(31)32)23(34)27-12-19(30)28-18(24(35)36)10-14-11-26-17-7-5-4-6-15(14)17/h4-7,11,13,16,18,21,26H,3,8-10,12,25H2,1-2H3,(H,27,34)(H,28,30)(H,29,33)(H,31,32)(H,35,36). The average molecular weight is 504 g/mol. The van der Waals surface area contributed by atoms with E-state index < -0.39 is 54.3 Å². The maximum absolute atomic E-state index is 12.7. The Hall–Kier alpha value is -3.93. The Labute approximate surface area is 208 Å². The molecule has 0 radical (unpaired) electrons. The number of aromatic nitrogens is 1. The fourth-order valence-corrected chi connectivity index (χ4v) is 3.62. The summed E-state index contributed by atoms with van der Waals surface area (Å²) in [6.07, 6.45) is 1.87. The van der Waals surface area contributed by atoms with Crippen molar-refractivity contribution in [3.05, 3.63) is 36.0 Å². The minimum absolute atomic E-state index is 0.0405. The number of hydrogen-bond donors (Lipinski definition) is 7. The predicted molar refractivity (Wildman–Crippen MR) is 131 cm³/mol. The van der Waals surface area contributed by atoms with Gasteiger partial charge in [0.05, 0.1) is 12.6 Å². The molecule has 1 aromatic heterocycles. The van der Waals surface area contributed by atoms with E-state index in [2.05, 4.69) is 20.9 Å². The lowest BCUT2D eigenvalue weighted by Crippen LogP contribution is -2.55. The zero-order valence-electron chi connectivity index (χ0n) is 20.2. The number of nitrogens with one attached hydrogen (secondary N) is 4. The van der Waals surface area contributed by atoms with Crippen molar-refractivity contribution in [2.75, 3.05) is 6.54 Å². The third-order valence-corrected chi connectivity index (χ3v) is 5.95. The number of aliphatic carboxylic acids is 2. The summed E-state index contributed by atoms with van der Waals surface area (Å²) in [4.78, 5) is 63.0. The highest BCUT2D eigenvalue weighted by atomic mass is 16.4. The van der Waals surface area contributed by atoms with Gasteiger partial charge in [0.15, 0.2) is 0 Å². The lowest BCUT2D eigenvalue weighted by molar-refractivity contribution is -0.141. The van der Waals surface area contributed by atoms with Gasteiger partial charge in [-0.2, -0.15) is 0 Å². The van der Waals surface area contributed by atoms with Crippen molar-refractivity contribution >= 4 is 40.6 Å². The number of carbonyl (C=O) groups is 5. The van der Waals surface area contributed by atoms with E-state index in [-0.39, 0.29) is 25.2 Å². The van der Waals surface area contributed by atoms with Crippen molar-refractivity contribution < 1.29 is 34.2 Å². The Kier molecular flexibility index (Phi) is 10.4. The van der Waals surface area contributed by atoms with Crippen LogP contribution in [0.4, 0.5) is 0 Å². The van der Waals surface area contributed by atoms with E-state index in [0.29, 0.717) is 6.42 Å². The highest BCUT2D eigenvalue weighted by Crippen LogP contribution is 2.19. The second-order valence-corrected chi connectivity index (χ2v) is 8.65. The van der Waals surface area contributed by atoms with Gasteiger partial charge in [-0.05, 0) is 24.0 Å². The van der Waals surface area contributed by atoms with E-state index in [1.807, 2.05) is 31.2 Å². The second kappa shape index (κ2) is 13.2. The molecular formula is C24H33N5O7. The summed E-state index contributed by atoms with van der Waals surface area (Å²) in [6.45, 7) is 3.05. The quantitative estimate of drug-likeness (QED) is 0.188. The Bertz CT molecular complexity index is 1100. The predicted octanol–water partition coefficient (Wildman–Crippen LogP) is 0.119. The monoisotopic (exact) mass is 503 g/mol. The number of rotatable bonds is 14. The van der Waals surface area contributed by atoms with Gasteiger partial charge in [-0.25, -0.2) is 4.79 Å². The summed E-state index contributed by atoms with van der Waals surface area (Å²) in [7, 11) is 0. The van der Waals surface area contributed by atoms with Gasteiger partial charge in [-0.1, -0.05) is 38.5 Å². The van der Waals surface area contributed by atoms with Crippen LogP contribution in [0.3, 0.4) is 0 Å². The third-order valence-electron chi connectivity index (χ3n) is 5.95. The van der Waals surface area contributed by atoms with Gasteiger partial charge in [0, 0.05) is 29.9 Å². The molecule has 0 spiro atoms. The number of carbonyl (C=O) groups excluding carboxylic acids is 3. The smallest absolute Gasteiger partial charge is 0.326 e. The molecule has 2 aromatic rings. The molecular weight excluding hydrogens is 470 g/mol. The van der Waals surface area contributed by atoms with E-state index in [1.54, 1.807) is 13.1 Å². The maximum atomic E-state index is 12.7. The number of amides is 3. The molecule has 196 valence electrons. The van der Waals surface area contributed by atoms with E-state index in [1.165, 1.54) is 0 Å². The molecule has 12 nitrogen and oxygen atoms in total. The minimum Gasteiger partial charge on any atom is -0.481 e. The van der Waals surface area contributed by atoms with Gasteiger partial charge >= 0.3 is 11.9 Å². The molecule has 8 N–H and O–H groups in total. The van der Waals surface area contributed by atoms with Crippen LogP contribution in [0, 0.1) is 5.92 Å². The van der Waals surface area contributed by atoms with Gasteiger partial charge in [-0.15, -0.1) is 0 Å². The highest BCUT2D eigenvalue weighted by molar-refractivity contribution is 5.93. The number of benzene rings is 1. The lowest BCUT2D eigenvalue weighted by atomic mass is 9.97. The molecule has 0 fully saturated rings. The summed E-state index contributed by atoms with van der Waals surface area (Å²) in [5.74, 6) is -4.64. The zero-order chi connectivity index (χ0) is 26.8. The van der Waals surface area contributed by atoms with Crippen LogP contribution in [-0.4, -0.2) is 69.5 Å². The van der Waals surface area contributed by atoms with Crippen molar-refractivity contribution in [1.82, 2.24) is 20.9 Å². The number of H-pyrrole nitrogens is 1. The van der Waals surface area contributed by atoms with Gasteiger partial charge in [-0.3, -0.25) is 19.2 Å². The fraction of sp³-hybridized carbons (Fsp3) is 0.458. The number of para-hydroxylation sites is 1. The second-order valence-electron chi connectivity index (χ2n) is 8.65. The van der Waals surface area contributed by atoms with Crippen molar-refractivity contribution in [2.45, 2.75) is 57.7 Å². The molecule has 12 heteroatoms. The molecule has 1 aromatic carbocycles. The lowest BCUT2D eigenvalue weighted by Gasteiger charge is -2.25. The van der Waals surface area contributed by atoms with Crippen LogP contribution in [0.2, 0.25) is 0 Å². The highest BCUT2D eigenvalue weighted by Gasteiger charge is 2.29. The van der Waals surface area contributed by atoms with Crippen LogP contribution >= 0.6 is 0 Å². The van der Waals surface area contributed by atoms with E-state index in [9.17, 15) is 29.1 Å². The van der Waals surface area contributed by atoms with E-state index >= 15 is 0 Å². The van der Waals surface area contributed by atoms with Gasteiger partial charge in [0.1, 0.15) is 12.1 Å². The SMILES string of the molecule is CCC(C)C(NC(=O)C(N)CCC(=O)O)C(=O)NCC(=O)NC(Cc1c[nH]c2ccccc12)C(=O)O. The molecule has 4 unspecified atom stereocenters. The summed E-state index contributed by atoms with van der Waals surface area (Å²) in [6, 6.07) is 4.05. The number of carboxylic acid groups (broad SMARTS) is 2. The number of fused-ring (bicyclic) bond motifs is 1. The summed E-state index contributed by atoms with van der Waals surface area (Å²) in [5.41, 5.74) is 7.29. The Morgan fingerprint density at radius 2 is 1.75 bits per heavy atom. The van der Waals surface area contributed by atoms with Crippen LogP contribution in [0.5, 0.6) is 0 Å². The topological polar surface area (TPSA) is 204 Å². The number of aromatic amines is 1. The van der Waals surface area contributed by atoms with Crippen molar-refractivity contribution in [3.8, 4) is 0 Å². The fourth-order valence-electron chi connectivity index (χ4n) is 3.62. The molecule has 0 aliphatic rings. The molecule has 0 bridgehead atoms. The maximum Gasteiger partial charge on any atom is 0.326 e. The first-order chi connectivity index (χ1) is 17.0. The van der Waals surface area contributed by atoms with Crippen molar-refractivity contribution in [3.63, 3.8) is 0 Å². The first-order valence-corrected chi connectivity index (χ1v) is 11.7. The molecule has 0 aliphatic carbocycles. The van der Waals surface area contributed by atoms with Crippen molar-refractivity contribution in [1.29, 1.82) is 0 Å². The first-order valence-electron chi connectivity index (χ1n) is 11.7. The number of carboxylic acids is 2. The Morgan fingerprint density at radius 1 is 1.06 bits per heavy atom. The van der Waals surface area contributed by atoms with E-state index in [4.69, 9.17) is 10.8 Å². The van der Waals surface area contributed by atoms with Gasteiger partial charge in [0.2, 0.25) is 17.7 Å². The van der Waals surface area contributed by atoms with Crippen LogP contribution in [0.1, 0.15) is 38.7 Å². The average Bonchev–Trinajstić information content (AvgIpc) is 3.25. The molecule has 0 saturated carbocycles. The minimum atomic E-state index is -1.22. The summed E-state index contributed by atoms with van der Waals surface area (Å²) < 4.78 is 0. The molecule has 0 saturated heterocycles. The molecule has 36 heavy (non-hydrogen) atoms. The molecule has 2 rings (SSSR count). The molecule has 4 atom stereocenters. The third kappa shape index (κ3) is 8.08. The van der Waals surface area contributed by atoms with Gasteiger partial charge in [0.25, 0.3) is 0 Å². The molecule has 0 aliphatic heterocycles. The molecule has 3 amide bonds. The number of nitrogens with two attached hydrogens (primary N) is 1. The first kappa shape index (κ1) is 28.3. The van der Waals surface area contributed by atoms with Gasteiger partial charge < -0.3 is 36.9 Å². The summed E-state index contributed by atoms with van der Waals surface area (Å²) >= 11 is 0. The normalized spacial score (nSPS) is 14.3. The van der Waals surface area contributed by atoms with Crippen molar-refractivity contribution in [2.24, 2.45) is 11.7 Å². The Morgan fingerprint density at radius 3 is 2.39 bits per heavy atom. The number of hydrogen-bond acceptors (Lipinski definition) is 6. The van der Waals surface area contributed by atoms with Crippen LogP contribution in [0.25, 0.3) is 10.9 Å². The van der Waals surface area contributed by atoms with E-state index in [0.717, 1.165) is 16.5 Å².